The van der Waals surface area contributed by atoms with E-state index in [0.717, 1.165) is 0 Å². The molecule has 30 heavy (non-hydrogen) atoms. The summed E-state index contributed by atoms with van der Waals surface area (Å²) in [6.45, 7) is 2.15. The van der Waals surface area contributed by atoms with E-state index < -0.39 is 5.97 Å². The summed E-state index contributed by atoms with van der Waals surface area (Å²) in [4.78, 5) is 29.7. The van der Waals surface area contributed by atoms with Gasteiger partial charge < -0.3 is 19.1 Å². The molecule has 7 nitrogen and oxygen atoms in total. The van der Waals surface area contributed by atoms with Crippen LogP contribution in [0.3, 0.4) is 0 Å². The van der Waals surface area contributed by atoms with Gasteiger partial charge in [-0.1, -0.05) is 29.8 Å². The highest BCUT2D eigenvalue weighted by molar-refractivity contribution is 6.34. The Hall–Kier alpha value is -3.32. The van der Waals surface area contributed by atoms with Crippen molar-refractivity contribution in [3.8, 4) is 11.5 Å². The van der Waals surface area contributed by atoms with Crippen LogP contribution >= 0.6 is 11.6 Å². The second-order valence-electron chi connectivity index (χ2n) is 6.53. The van der Waals surface area contributed by atoms with Gasteiger partial charge in [0.2, 0.25) is 5.90 Å². The number of amides is 1. The Balaban J connectivity index is 1.85. The summed E-state index contributed by atoms with van der Waals surface area (Å²) in [5.74, 6) is 0.311. The van der Waals surface area contributed by atoms with E-state index in [-0.39, 0.29) is 24.1 Å². The summed E-state index contributed by atoms with van der Waals surface area (Å²) in [6.07, 6.45) is 1.59. The third-order valence-corrected chi connectivity index (χ3v) is 4.48. The first-order chi connectivity index (χ1) is 14.4. The van der Waals surface area contributed by atoms with Gasteiger partial charge in [-0.2, -0.15) is 0 Å². The quantitative estimate of drug-likeness (QED) is 0.498. The molecule has 0 atom stereocenters. The average Bonchev–Trinajstić information content (AvgIpc) is 3.07. The summed E-state index contributed by atoms with van der Waals surface area (Å²) in [6, 6.07) is 12.1. The Bertz CT molecular complexity index is 1030. The number of ether oxygens (including phenoxy) is 3. The van der Waals surface area contributed by atoms with Gasteiger partial charge in [-0.15, -0.1) is 0 Å². The number of carbonyl (C=O) groups excluding carboxylic acids is 2. The van der Waals surface area contributed by atoms with Crippen LogP contribution in [0.25, 0.3) is 6.08 Å². The maximum Gasteiger partial charge on any atom is 0.363 e. The monoisotopic (exact) mass is 428 g/mol. The molecule has 1 amide bonds. The van der Waals surface area contributed by atoms with Crippen LogP contribution in [-0.2, 0) is 14.3 Å². The molecule has 1 aliphatic rings. The molecular weight excluding hydrogens is 408 g/mol. The van der Waals surface area contributed by atoms with Crippen molar-refractivity contribution in [2.45, 2.75) is 6.92 Å². The lowest BCUT2D eigenvalue weighted by Gasteiger charge is -2.14. The molecule has 8 heteroatoms. The lowest BCUT2D eigenvalue weighted by atomic mass is 10.1. The van der Waals surface area contributed by atoms with Gasteiger partial charge in [-0.25, -0.2) is 9.79 Å². The number of esters is 1. The molecule has 156 valence electrons. The van der Waals surface area contributed by atoms with E-state index in [1.807, 2.05) is 6.92 Å². The van der Waals surface area contributed by atoms with Crippen LogP contribution in [0.5, 0.6) is 11.5 Å². The number of carbonyl (C=O) groups is 2. The first-order valence-corrected chi connectivity index (χ1v) is 9.64. The minimum absolute atomic E-state index is 0.106. The van der Waals surface area contributed by atoms with Crippen molar-refractivity contribution >= 4 is 35.5 Å². The van der Waals surface area contributed by atoms with E-state index >= 15 is 0 Å². The Morgan fingerprint density at radius 3 is 2.63 bits per heavy atom. The molecule has 0 radical (unpaired) electrons. The molecule has 0 spiro atoms. The molecule has 0 aliphatic carbocycles. The van der Waals surface area contributed by atoms with Gasteiger partial charge in [0.05, 0.1) is 17.2 Å². The minimum atomic E-state index is -0.570. The fourth-order valence-electron chi connectivity index (χ4n) is 2.59. The van der Waals surface area contributed by atoms with E-state index in [2.05, 4.69) is 4.99 Å². The van der Waals surface area contributed by atoms with E-state index in [1.165, 1.54) is 4.90 Å². The lowest BCUT2D eigenvalue weighted by Crippen LogP contribution is -2.27. The topological polar surface area (TPSA) is 77.4 Å². The molecule has 2 aromatic rings. The molecule has 2 aromatic carbocycles. The summed E-state index contributed by atoms with van der Waals surface area (Å²) in [5, 5.41) is 0.442. The zero-order valence-electron chi connectivity index (χ0n) is 16.8. The summed E-state index contributed by atoms with van der Waals surface area (Å²) >= 11 is 6.16. The molecule has 0 saturated carbocycles. The zero-order valence-corrected chi connectivity index (χ0v) is 17.6. The second-order valence-corrected chi connectivity index (χ2v) is 6.94. The predicted octanol–water partition coefficient (Wildman–Crippen LogP) is 3.55. The van der Waals surface area contributed by atoms with Crippen LogP contribution in [0.4, 0.5) is 0 Å². The maximum atomic E-state index is 12.2. The number of hydrogen-bond acceptors (Lipinski definition) is 6. The molecule has 0 unspecified atom stereocenters. The van der Waals surface area contributed by atoms with Crippen LogP contribution in [-0.4, -0.2) is 50.0 Å². The van der Waals surface area contributed by atoms with Crippen molar-refractivity contribution in [3.05, 3.63) is 64.3 Å². The number of nitrogens with zero attached hydrogens (tertiary/aromatic N) is 2. The Morgan fingerprint density at radius 1 is 1.17 bits per heavy atom. The number of cyclic esters (lactones) is 1. The predicted molar refractivity (Wildman–Crippen MR) is 114 cm³/mol. The van der Waals surface area contributed by atoms with Gasteiger partial charge in [0.25, 0.3) is 5.91 Å². The highest BCUT2D eigenvalue weighted by Gasteiger charge is 2.25. The molecule has 0 N–H and O–H groups in total. The lowest BCUT2D eigenvalue weighted by molar-refractivity contribution is -0.131. The van der Waals surface area contributed by atoms with E-state index in [0.29, 0.717) is 34.3 Å². The average molecular weight is 429 g/mol. The van der Waals surface area contributed by atoms with Gasteiger partial charge in [-0.05, 0) is 42.8 Å². The molecule has 0 bridgehead atoms. The standard InChI is InChI=1S/C22H21ClN2O5/c1-4-28-19-12-14(9-10-18(19)29-13-20(26)25(2)3)11-17-22(27)30-21(24-17)15-7-5-6-8-16(15)23/h5-12H,4,13H2,1-3H3/b17-11+. The Kier molecular flexibility index (Phi) is 6.74. The maximum absolute atomic E-state index is 12.2. The number of hydrogen-bond donors (Lipinski definition) is 0. The largest absolute Gasteiger partial charge is 0.490 e. The molecule has 1 heterocycles. The number of benzene rings is 2. The van der Waals surface area contributed by atoms with Gasteiger partial charge in [0.1, 0.15) is 0 Å². The van der Waals surface area contributed by atoms with E-state index in [1.54, 1.807) is 62.6 Å². The summed E-state index contributed by atoms with van der Waals surface area (Å²) in [5.41, 5.74) is 1.35. The van der Waals surface area contributed by atoms with Crippen LogP contribution in [0.2, 0.25) is 5.02 Å². The van der Waals surface area contributed by atoms with Gasteiger partial charge >= 0.3 is 5.97 Å². The fourth-order valence-corrected chi connectivity index (χ4v) is 2.80. The summed E-state index contributed by atoms with van der Waals surface area (Å²) in [7, 11) is 3.31. The smallest absolute Gasteiger partial charge is 0.363 e. The first-order valence-electron chi connectivity index (χ1n) is 9.26. The van der Waals surface area contributed by atoms with Crippen LogP contribution in [0.1, 0.15) is 18.1 Å². The fraction of sp³-hybridized carbons (Fsp3) is 0.227. The Labute approximate surface area is 179 Å². The molecule has 1 aliphatic heterocycles. The first kappa shape index (κ1) is 21.4. The molecular formula is C22H21ClN2O5. The molecule has 0 fully saturated rings. The molecule has 3 rings (SSSR count). The van der Waals surface area contributed by atoms with Crippen molar-refractivity contribution in [1.29, 1.82) is 0 Å². The molecule has 0 aromatic heterocycles. The minimum Gasteiger partial charge on any atom is -0.490 e. The van der Waals surface area contributed by atoms with Gasteiger partial charge in [-0.3, -0.25) is 4.79 Å². The van der Waals surface area contributed by atoms with Crippen molar-refractivity contribution in [2.75, 3.05) is 27.3 Å². The summed E-state index contributed by atoms with van der Waals surface area (Å²) < 4.78 is 16.5. The van der Waals surface area contributed by atoms with Gasteiger partial charge in [0.15, 0.2) is 23.8 Å². The molecule has 0 saturated heterocycles. The number of rotatable bonds is 7. The Morgan fingerprint density at radius 2 is 1.93 bits per heavy atom. The van der Waals surface area contributed by atoms with Gasteiger partial charge in [0, 0.05) is 14.1 Å². The van der Waals surface area contributed by atoms with Crippen molar-refractivity contribution in [1.82, 2.24) is 4.90 Å². The van der Waals surface area contributed by atoms with Crippen molar-refractivity contribution in [2.24, 2.45) is 4.99 Å². The van der Waals surface area contributed by atoms with Crippen molar-refractivity contribution < 1.29 is 23.8 Å². The van der Waals surface area contributed by atoms with Crippen LogP contribution in [0, 0.1) is 0 Å². The van der Waals surface area contributed by atoms with Crippen LogP contribution in [0.15, 0.2) is 53.2 Å². The highest BCUT2D eigenvalue weighted by atomic mass is 35.5. The van der Waals surface area contributed by atoms with Crippen molar-refractivity contribution in [3.63, 3.8) is 0 Å². The van der Waals surface area contributed by atoms with E-state index in [4.69, 9.17) is 25.8 Å². The zero-order chi connectivity index (χ0) is 21.7. The van der Waals surface area contributed by atoms with Crippen LogP contribution < -0.4 is 9.47 Å². The third kappa shape index (κ3) is 4.99. The number of aliphatic imine (C=N–C) groups is 1. The normalized spacial score (nSPS) is 14.3. The SMILES string of the molecule is CCOc1cc(/C=C2/N=C(c3ccccc3Cl)OC2=O)ccc1OCC(=O)N(C)C. The number of likely N-dealkylation sites (N-methyl/N-ethyl adjacent to an activating group) is 1. The second kappa shape index (κ2) is 9.45. The highest BCUT2D eigenvalue weighted by Crippen LogP contribution is 2.30. The third-order valence-electron chi connectivity index (χ3n) is 4.15. The van der Waals surface area contributed by atoms with E-state index in [9.17, 15) is 9.59 Å². The number of halogens is 1.